The Hall–Kier alpha value is -1.26. The summed E-state index contributed by atoms with van der Waals surface area (Å²) in [6.07, 6.45) is -0.0387. The summed E-state index contributed by atoms with van der Waals surface area (Å²) >= 11 is 5.65. The van der Waals surface area contributed by atoms with Gasteiger partial charge in [-0.25, -0.2) is 4.79 Å². The molecule has 0 saturated heterocycles. The van der Waals surface area contributed by atoms with Crippen LogP contribution < -0.4 is 4.74 Å². The molecule has 0 heterocycles. The summed E-state index contributed by atoms with van der Waals surface area (Å²) in [6, 6.07) is 4.92. The number of hydrogen-bond donors (Lipinski definition) is 2. The fraction of sp³-hybridized carbons (Fsp3) is 0.462. The predicted molar refractivity (Wildman–Crippen MR) is 69.2 cm³/mol. The minimum Gasteiger partial charge on any atom is -0.494 e. The second-order valence-corrected chi connectivity index (χ2v) is 4.21. The summed E-state index contributed by atoms with van der Waals surface area (Å²) in [5.41, 5.74) is 1.23. The number of alkyl halides is 1. The van der Waals surface area contributed by atoms with Crippen LogP contribution in [0.5, 0.6) is 5.75 Å². The molecular formula is C13H17ClO4. The standard InChI is InChI=1S/C13H17ClO4/c1-2-18-11-6-5-10(12(15)13(16)17)8-9(11)4-3-7-14/h5-6,8,12,15H,2-4,7H2,1H3,(H,16,17). The van der Waals surface area contributed by atoms with Gasteiger partial charge in [-0.15, -0.1) is 11.6 Å². The second kappa shape index (κ2) is 7.24. The van der Waals surface area contributed by atoms with Gasteiger partial charge in [0, 0.05) is 5.88 Å². The molecule has 2 N–H and O–H groups in total. The van der Waals surface area contributed by atoms with Crippen molar-refractivity contribution in [1.29, 1.82) is 0 Å². The van der Waals surface area contributed by atoms with Crippen LogP contribution >= 0.6 is 11.6 Å². The summed E-state index contributed by atoms with van der Waals surface area (Å²) in [4.78, 5) is 10.7. The molecule has 0 saturated carbocycles. The van der Waals surface area contributed by atoms with Gasteiger partial charge in [-0.2, -0.15) is 0 Å². The van der Waals surface area contributed by atoms with E-state index in [4.69, 9.17) is 21.4 Å². The predicted octanol–water partition coefficient (Wildman–Crippen LogP) is 2.37. The summed E-state index contributed by atoms with van der Waals surface area (Å²) in [5.74, 6) is -0.0245. The normalized spacial score (nSPS) is 12.2. The molecule has 1 aromatic carbocycles. The van der Waals surface area contributed by atoms with Crippen LogP contribution in [0.15, 0.2) is 18.2 Å². The molecular weight excluding hydrogens is 256 g/mol. The summed E-state index contributed by atoms with van der Waals surface area (Å²) in [5, 5.41) is 18.3. The van der Waals surface area contributed by atoms with E-state index >= 15 is 0 Å². The van der Waals surface area contributed by atoms with Crippen LogP contribution in [-0.4, -0.2) is 28.7 Å². The molecule has 0 fully saturated rings. The first-order valence-corrected chi connectivity index (χ1v) is 6.36. The fourth-order valence-electron chi connectivity index (χ4n) is 1.66. The van der Waals surface area contributed by atoms with E-state index in [1.165, 1.54) is 0 Å². The van der Waals surface area contributed by atoms with Gasteiger partial charge >= 0.3 is 5.97 Å². The third-order valence-corrected chi connectivity index (χ3v) is 2.78. The first-order chi connectivity index (χ1) is 8.60. The highest BCUT2D eigenvalue weighted by molar-refractivity contribution is 6.17. The molecule has 4 nitrogen and oxygen atoms in total. The van der Waals surface area contributed by atoms with Gasteiger partial charge < -0.3 is 14.9 Å². The van der Waals surface area contributed by atoms with Gasteiger partial charge in [0.15, 0.2) is 6.10 Å². The number of aliphatic hydroxyl groups excluding tert-OH is 1. The van der Waals surface area contributed by atoms with E-state index < -0.39 is 12.1 Å². The average Bonchev–Trinajstić information content (AvgIpc) is 2.36. The molecule has 1 unspecified atom stereocenters. The molecule has 0 amide bonds. The molecule has 0 aliphatic heterocycles. The smallest absolute Gasteiger partial charge is 0.337 e. The van der Waals surface area contributed by atoms with E-state index in [0.717, 1.165) is 12.0 Å². The van der Waals surface area contributed by atoms with Crippen LogP contribution in [0.3, 0.4) is 0 Å². The number of carboxylic acid groups (broad SMARTS) is 1. The number of ether oxygens (including phenoxy) is 1. The molecule has 0 aromatic heterocycles. The molecule has 18 heavy (non-hydrogen) atoms. The number of aliphatic carboxylic acids is 1. The minimum absolute atomic E-state index is 0.357. The highest BCUT2D eigenvalue weighted by atomic mass is 35.5. The highest BCUT2D eigenvalue weighted by Gasteiger charge is 2.17. The lowest BCUT2D eigenvalue weighted by Crippen LogP contribution is -2.11. The maximum atomic E-state index is 10.7. The third kappa shape index (κ3) is 3.89. The Balaban J connectivity index is 2.99. The Bertz CT molecular complexity index is 406. The quantitative estimate of drug-likeness (QED) is 0.748. The molecule has 0 aliphatic carbocycles. The van der Waals surface area contributed by atoms with E-state index in [2.05, 4.69) is 0 Å². The summed E-state index contributed by atoms with van der Waals surface area (Å²) in [6.45, 7) is 2.42. The van der Waals surface area contributed by atoms with Crippen molar-refractivity contribution in [2.75, 3.05) is 12.5 Å². The van der Waals surface area contributed by atoms with Gasteiger partial charge in [-0.05, 0) is 43.0 Å². The van der Waals surface area contributed by atoms with E-state index in [9.17, 15) is 9.90 Å². The monoisotopic (exact) mass is 272 g/mol. The van der Waals surface area contributed by atoms with E-state index in [1.807, 2.05) is 6.92 Å². The number of halogens is 1. The van der Waals surface area contributed by atoms with Gasteiger partial charge in [0.05, 0.1) is 6.61 Å². The maximum Gasteiger partial charge on any atom is 0.337 e. The van der Waals surface area contributed by atoms with Crippen molar-refractivity contribution >= 4 is 17.6 Å². The summed E-state index contributed by atoms with van der Waals surface area (Å²) < 4.78 is 5.46. The molecule has 0 aliphatic rings. The first-order valence-electron chi connectivity index (χ1n) is 5.82. The van der Waals surface area contributed by atoms with Crippen LogP contribution in [0.2, 0.25) is 0 Å². The van der Waals surface area contributed by atoms with Crippen LogP contribution in [0.25, 0.3) is 0 Å². The van der Waals surface area contributed by atoms with Gasteiger partial charge in [0.1, 0.15) is 5.75 Å². The van der Waals surface area contributed by atoms with Gasteiger partial charge in [0.25, 0.3) is 0 Å². The van der Waals surface area contributed by atoms with E-state index in [0.29, 0.717) is 30.2 Å². The zero-order valence-electron chi connectivity index (χ0n) is 10.2. The van der Waals surface area contributed by atoms with Crippen LogP contribution in [0.4, 0.5) is 0 Å². The lowest BCUT2D eigenvalue weighted by molar-refractivity contribution is -0.146. The zero-order valence-corrected chi connectivity index (χ0v) is 11.0. The number of carboxylic acids is 1. The molecule has 1 atom stereocenters. The van der Waals surface area contributed by atoms with E-state index in [1.54, 1.807) is 18.2 Å². The first kappa shape index (κ1) is 14.8. The average molecular weight is 273 g/mol. The van der Waals surface area contributed by atoms with Crippen LogP contribution in [0, 0.1) is 0 Å². The molecule has 5 heteroatoms. The lowest BCUT2D eigenvalue weighted by atomic mass is 10.0. The summed E-state index contributed by atoms with van der Waals surface area (Å²) in [7, 11) is 0. The SMILES string of the molecule is CCOc1ccc(C(O)C(=O)O)cc1CCCCl. The Morgan fingerprint density at radius 2 is 2.22 bits per heavy atom. The Morgan fingerprint density at radius 1 is 1.50 bits per heavy atom. The van der Waals surface area contributed by atoms with Crippen molar-refractivity contribution in [2.24, 2.45) is 0 Å². The molecule has 1 aromatic rings. The second-order valence-electron chi connectivity index (χ2n) is 3.83. The zero-order chi connectivity index (χ0) is 13.5. The number of carbonyl (C=O) groups is 1. The van der Waals surface area contributed by atoms with Crippen molar-refractivity contribution < 1.29 is 19.7 Å². The topological polar surface area (TPSA) is 66.8 Å². The van der Waals surface area contributed by atoms with Gasteiger partial charge in [-0.1, -0.05) is 6.07 Å². The number of aliphatic hydroxyl groups is 1. The van der Waals surface area contributed by atoms with Crippen LogP contribution in [0.1, 0.15) is 30.6 Å². The third-order valence-electron chi connectivity index (χ3n) is 2.51. The lowest BCUT2D eigenvalue weighted by Gasteiger charge is -2.13. The number of hydrogen-bond acceptors (Lipinski definition) is 3. The van der Waals surface area contributed by atoms with Crippen LogP contribution in [-0.2, 0) is 11.2 Å². The molecule has 0 radical (unpaired) electrons. The van der Waals surface area contributed by atoms with Gasteiger partial charge in [0.2, 0.25) is 0 Å². The number of aryl methyl sites for hydroxylation is 1. The van der Waals surface area contributed by atoms with Gasteiger partial charge in [-0.3, -0.25) is 0 Å². The Labute approximate surface area is 111 Å². The molecule has 1 rings (SSSR count). The van der Waals surface area contributed by atoms with Crippen molar-refractivity contribution in [3.8, 4) is 5.75 Å². The Kier molecular flexibility index (Phi) is 5.95. The minimum atomic E-state index is -1.50. The number of rotatable bonds is 7. The molecule has 0 spiro atoms. The fourth-order valence-corrected chi connectivity index (χ4v) is 1.79. The van der Waals surface area contributed by atoms with Crippen molar-refractivity contribution in [2.45, 2.75) is 25.9 Å². The molecule has 100 valence electrons. The highest BCUT2D eigenvalue weighted by Crippen LogP contribution is 2.25. The van der Waals surface area contributed by atoms with Crippen molar-refractivity contribution in [3.63, 3.8) is 0 Å². The van der Waals surface area contributed by atoms with Crippen molar-refractivity contribution in [1.82, 2.24) is 0 Å². The Morgan fingerprint density at radius 3 is 2.78 bits per heavy atom. The van der Waals surface area contributed by atoms with E-state index in [-0.39, 0.29) is 0 Å². The molecule has 0 bridgehead atoms. The number of benzene rings is 1. The van der Waals surface area contributed by atoms with Crippen molar-refractivity contribution in [3.05, 3.63) is 29.3 Å². The largest absolute Gasteiger partial charge is 0.494 e. The maximum absolute atomic E-state index is 10.7.